The smallest absolute Gasteiger partial charge is 0.313 e. The molecule has 1 saturated carbocycles. The number of halogens is 1. The molecule has 4 nitrogen and oxygen atoms in total. The highest BCUT2D eigenvalue weighted by atomic mass is 35.5. The largest absolute Gasteiger partial charge is 0.465 e. The van der Waals surface area contributed by atoms with Crippen LogP contribution in [0.15, 0.2) is 54.6 Å². The molecule has 1 N–H and O–H groups in total. The Bertz CT molecular complexity index is 998. The third kappa shape index (κ3) is 4.01. The normalized spacial score (nSPS) is 22.7. The van der Waals surface area contributed by atoms with Gasteiger partial charge in [0.25, 0.3) is 5.91 Å². The van der Waals surface area contributed by atoms with E-state index in [1.165, 1.54) is 11.1 Å². The van der Waals surface area contributed by atoms with Crippen molar-refractivity contribution in [2.24, 2.45) is 11.3 Å². The number of amides is 1. The van der Waals surface area contributed by atoms with E-state index in [0.717, 1.165) is 24.0 Å². The predicted molar refractivity (Wildman–Crippen MR) is 118 cm³/mol. The molecule has 0 aromatic heterocycles. The number of hydrogen-bond acceptors (Lipinski definition) is 3. The molecule has 5 heteroatoms. The van der Waals surface area contributed by atoms with Gasteiger partial charge in [-0.15, -0.1) is 0 Å². The van der Waals surface area contributed by atoms with E-state index in [9.17, 15) is 9.59 Å². The maximum atomic E-state index is 12.6. The van der Waals surface area contributed by atoms with Crippen LogP contribution >= 0.6 is 11.6 Å². The van der Waals surface area contributed by atoms with Crippen LogP contribution in [0.2, 0.25) is 5.02 Å². The summed E-state index contributed by atoms with van der Waals surface area (Å²) in [4.78, 5) is 25.0. The number of ether oxygens (including phenoxy) is 1. The standard InChI is InChI=1S/C25H26ClNO3/c1-16-3-5-18(6-4-16)9-10-27-23(28)21-8-7-19(12-22(21)26)14-25-13-17(2)11-20(25)15-30-24(25)29/h3-8,12,20H,2,9-11,13-15H2,1H3,(H,27,28). The Kier molecular flexibility index (Phi) is 5.70. The van der Waals surface area contributed by atoms with Crippen LogP contribution in [0.4, 0.5) is 0 Å². The highest BCUT2D eigenvalue weighted by Gasteiger charge is 2.55. The first-order valence-electron chi connectivity index (χ1n) is 10.3. The molecule has 0 bridgehead atoms. The third-order valence-electron chi connectivity index (χ3n) is 6.32. The van der Waals surface area contributed by atoms with Crippen LogP contribution in [-0.4, -0.2) is 25.0 Å². The van der Waals surface area contributed by atoms with Crippen molar-refractivity contribution in [1.82, 2.24) is 5.32 Å². The number of cyclic esters (lactones) is 1. The third-order valence-corrected chi connectivity index (χ3v) is 6.63. The number of esters is 1. The fourth-order valence-corrected chi connectivity index (χ4v) is 4.94. The molecule has 1 heterocycles. The summed E-state index contributed by atoms with van der Waals surface area (Å²) in [6, 6.07) is 13.7. The SMILES string of the molecule is C=C1CC2COC(=O)C2(Cc2ccc(C(=O)NCCc3ccc(C)cc3)c(Cl)c2)C1. The van der Waals surface area contributed by atoms with Gasteiger partial charge in [-0.3, -0.25) is 9.59 Å². The fraction of sp³-hybridized carbons (Fsp3) is 0.360. The molecule has 4 rings (SSSR count). The average Bonchev–Trinajstić information content (AvgIpc) is 3.17. The maximum absolute atomic E-state index is 12.6. The van der Waals surface area contributed by atoms with Crippen molar-refractivity contribution in [3.8, 4) is 0 Å². The van der Waals surface area contributed by atoms with E-state index in [0.29, 0.717) is 36.6 Å². The van der Waals surface area contributed by atoms with Crippen LogP contribution in [0.1, 0.15) is 39.9 Å². The molecule has 0 radical (unpaired) electrons. The molecule has 1 amide bonds. The number of carbonyl (C=O) groups is 2. The van der Waals surface area contributed by atoms with Gasteiger partial charge in [-0.1, -0.05) is 59.6 Å². The van der Waals surface area contributed by atoms with Gasteiger partial charge in [0.15, 0.2) is 0 Å². The fourth-order valence-electron chi connectivity index (χ4n) is 4.65. The molecule has 2 aromatic rings. The minimum atomic E-state index is -0.530. The zero-order chi connectivity index (χ0) is 21.3. The lowest BCUT2D eigenvalue weighted by Crippen LogP contribution is -2.31. The summed E-state index contributed by atoms with van der Waals surface area (Å²) < 4.78 is 5.35. The zero-order valence-electron chi connectivity index (χ0n) is 17.2. The van der Waals surface area contributed by atoms with E-state index in [-0.39, 0.29) is 17.8 Å². The first-order valence-corrected chi connectivity index (χ1v) is 10.7. The van der Waals surface area contributed by atoms with E-state index < -0.39 is 5.41 Å². The Labute approximate surface area is 182 Å². The van der Waals surface area contributed by atoms with Crippen molar-refractivity contribution in [2.75, 3.05) is 13.2 Å². The molecule has 156 valence electrons. The Morgan fingerprint density at radius 1 is 1.23 bits per heavy atom. The molecule has 2 aromatic carbocycles. The van der Waals surface area contributed by atoms with Crippen molar-refractivity contribution < 1.29 is 14.3 Å². The van der Waals surface area contributed by atoms with Crippen molar-refractivity contribution in [3.05, 3.63) is 81.9 Å². The monoisotopic (exact) mass is 423 g/mol. The molecule has 30 heavy (non-hydrogen) atoms. The van der Waals surface area contributed by atoms with Crippen molar-refractivity contribution in [1.29, 1.82) is 0 Å². The number of allylic oxidation sites excluding steroid dienone is 1. The van der Waals surface area contributed by atoms with Crippen LogP contribution in [0.25, 0.3) is 0 Å². The number of fused-ring (bicyclic) bond motifs is 1. The molecule has 1 aliphatic carbocycles. The summed E-state index contributed by atoms with van der Waals surface area (Å²) in [6.45, 7) is 7.14. The molecule has 2 atom stereocenters. The van der Waals surface area contributed by atoms with Gasteiger partial charge in [0.1, 0.15) is 0 Å². The van der Waals surface area contributed by atoms with Gasteiger partial charge in [0.2, 0.25) is 0 Å². The van der Waals surface area contributed by atoms with Crippen molar-refractivity contribution in [2.45, 2.75) is 32.6 Å². The van der Waals surface area contributed by atoms with E-state index in [1.807, 2.05) is 6.07 Å². The number of aryl methyl sites for hydroxylation is 1. The molecule has 2 unspecified atom stereocenters. The minimum absolute atomic E-state index is 0.139. The number of benzene rings is 2. The summed E-state index contributed by atoms with van der Waals surface area (Å²) >= 11 is 6.43. The summed E-state index contributed by atoms with van der Waals surface area (Å²) in [6.07, 6.45) is 2.82. The minimum Gasteiger partial charge on any atom is -0.465 e. The average molecular weight is 424 g/mol. The molecule has 2 fully saturated rings. The topological polar surface area (TPSA) is 55.4 Å². The molecule has 1 saturated heterocycles. The summed E-state index contributed by atoms with van der Waals surface area (Å²) in [7, 11) is 0. The number of nitrogens with one attached hydrogen (secondary N) is 1. The lowest BCUT2D eigenvalue weighted by molar-refractivity contribution is -0.146. The highest BCUT2D eigenvalue weighted by molar-refractivity contribution is 6.33. The van der Waals surface area contributed by atoms with Gasteiger partial charge in [0, 0.05) is 12.5 Å². The van der Waals surface area contributed by atoms with Gasteiger partial charge < -0.3 is 10.1 Å². The summed E-state index contributed by atoms with van der Waals surface area (Å²) in [5.74, 6) is -0.148. The summed E-state index contributed by atoms with van der Waals surface area (Å²) in [5, 5.41) is 3.33. The Balaban J connectivity index is 1.40. The lowest BCUT2D eigenvalue weighted by Gasteiger charge is -2.24. The zero-order valence-corrected chi connectivity index (χ0v) is 17.9. The second-order valence-electron chi connectivity index (χ2n) is 8.56. The van der Waals surface area contributed by atoms with Crippen LogP contribution in [0.3, 0.4) is 0 Å². The van der Waals surface area contributed by atoms with Gasteiger partial charge in [-0.05, 0) is 55.9 Å². The van der Waals surface area contributed by atoms with E-state index in [4.69, 9.17) is 16.3 Å². The Hall–Kier alpha value is -2.59. The van der Waals surface area contributed by atoms with E-state index in [1.54, 1.807) is 12.1 Å². The quantitative estimate of drug-likeness (QED) is 0.542. The van der Waals surface area contributed by atoms with Gasteiger partial charge in [-0.25, -0.2) is 0 Å². The Morgan fingerprint density at radius 3 is 2.70 bits per heavy atom. The highest BCUT2D eigenvalue weighted by Crippen LogP contribution is 2.52. The summed E-state index contributed by atoms with van der Waals surface area (Å²) in [5.41, 5.74) is 4.36. The molecule has 1 aliphatic heterocycles. The van der Waals surface area contributed by atoms with Gasteiger partial charge in [-0.2, -0.15) is 0 Å². The van der Waals surface area contributed by atoms with Crippen molar-refractivity contribution >= 4 is 23.5 Å². The van der Waals surface area contributed by atoms with Gasteiger partial charge >= 0.3 is 5.97 Å². The first-order chi connectivity index (χ1) is 14.4. The molecular formula is C25H26ClNO3. The van der Waals surface area contributed by atoms with Crippen LogP contribution in [0.5, 0.6) is 0 Å². The Morgan fingerprint density at radius 2 is 1.97 bits per heavy atom. The van der Waals surface area contributed by atoms with Crippen LogP contribution in [-0.2, 0) is 22.4 Å². The van der Waals surface area contributed by atoms with Crippen LogP contribution < -0.4 is 5.32 Å². The molecule has 0 spiro atoms. The van der Waals surface area contributed by atoms with E-state index >= 15 is 0 Å². The molecule has 2 aliphatic rings. The maximum Gasteiger partial charge on any atom is 0.313 e. The van der Waals surface area contributed by atoms with Gasteiger partial charge in [0.05, 0.1) is 22.6 Å². The number of hydrogen-bond donors (Lipinski definition) is 1. The predicted octanol–water partition coefficient (Wildman–Crippen LogP) is 4.67. The second kappa shape index (κ2) is 8.27. The van der Waals surface area contributed by atoms with Crippen LogP contribution in [0, 0.1) is 18.3 Å². The second-order valence-corrected chi connectivity index (χ2v) is 8.97. The van der Waals surface area contributed by atoms with Crippen molar-refractivity contribution in [3.63, 3.8) is 0 Å². The molecular weight excluding hydrogens is 398 g/mol. The number of rotatable bonds is 6. The number of carbonyl (C=O) groups excluding carboxylic acids is 2. The first kappa shape index (κ1) is 20.7. The van der Waals surface area contributed by atoms with E-state index in [2.05, 4.69) is 43.1 Å². The lowest BCUT2D eigenvalue weighted by atomic mass is 9.75.